The van der Waals surface area contributed by atoms with Crippen molar-refractivity contribution in [3.63, 3.8) is 0 Å². The van der Waals surface area contributed by atoms with Crippen LogP contribution in [0.1, 0.15) is 30.8 Å². The molecule has 1 aliphatic rings. The maximum Gasteiger partial charge on any atom is 0.149 e. The average molecular weight is 306 g/mol. The van der Waals surface area contributed by atoms with E-state index in [0.29, 0.717) is 10.3 Å². The zero-order valence-corrected chi connectivity index (χ0v) is 12.9. The standard InChI is InChI=1S/C12H17Cl2N3S/c1-3-4-8-10(13)15-12(16-11(8)14)9-7-18-6-5-17(9)2/h9H,3-7H2,1-2H3. The van der Waals surface area contributed by atoms with Gasteiger partial charge in [-0.1, -0.05) is 36.5 Å². The molecule has 1 aliphatic heterocycles. The fourth-order valence-electron chi connectivity index (χ4n) is 2.01. The summed E-state index contributed by atoms with van der Waals surface area (Å²) >= 11 is 14.4. The molecule has 0 radical (unpaired) electrons. The summed E-state index contributed by atoms with van der Waals surface area (Å²) < 4.78 is 0. The van der Waals surface area contributed by atoms with Crippen LogP contribution in [-0.4, -0.2) is 40.0 Å². The minimum atomic E-state index is 0.217. The van der Waals surface area contributed by atoms with E-state index >= 15 is 0 Å². The van der Waals surface area contributed by atoms with Crippen LogP contribution in [0.25, 0.3) is 0 Å². The zero-order chi connectivity index (χ0) is 13.1. The van der Waals surface area contributed by atoms with Crippen molar-refractivity contribution in [3.05, 3.63) is 21.7 Å². The van der Waals surface area contributed by atoms with Gasteiger partial charge in [0.25, 0.3) is 0 Å². The molecule has 6 heteroatoms. The van der Waals surface area contributed by atoms with Gasteiger partial charge in [-0.3, -0.25) is 4.90 Å². The second kappa shape index (κ2) is 6.42. The van der Waals surface area contributed by atoms with E-state index in [1.807, 2.05) is 11.8 Å². The Morgan fingerprint density at radius 2 is 2.00 bits per heavy atom. The molecule has 100 valence electrons. The van der Waals surface area contributed by atoms with Crippen molar-refractivity contribution in [2.75, 3.05) is 25.1 Å². The van der Waals surface area contributed by atoms with E-state index in [9.17, 15) is 0 Å². The van der Waals surface area contributed by atoms with Crippen LogP contribution >= 0.6 is 35.0 Å². The highest BCUT2D eigenvalue weighted by Crippen LogP contribution is 2.30. The van der Waals surface area contributed by atoms with E-state index in [1.165, 1.54) is 0 Å². The first kappa shape index (κ1) is 14.4. The van der Waals surface area contributed by atoms with Crippen LogP contribution in [-0.2, 0) is 6.42 Å². The van der Waals surface area contributed by atoms with Gasteiger partial charge in [-0.15, -0.1) is 0 Å². The van der Waals surface area contributed by atoms with Gasteiger partial charge in [0.1, 0.15) is 16.1 Å². The molecular formula is C12H17Cl2N3S. The van der Waals surface area contributed by atoms with Crippen molar-refractivity contribution in [1.82, 2.24) is 14.9 Å². The number of hydrogen-bond donors (Lipinski definition) is 0. The van der Waals surface area contributed by atoms with E-state index in [4.69, 9.17) is 23.2 Å². The smallest absolute Gasteiger partial charge is 0.149 e. The third kappa shape index (κ3) is 3.10. The molecule has 0 aliphatic carbocycles. The van der Waals surface area contributed by atoms with E-state index in [-0.39, 0.29) is 6.04 Å². The van der Waals surface area contributed by atoms with Crippen LogP contribution in [0.4, 0.5) is 0 Å². The Morgan fingerprint density at radius 1 is 1.33 bits per heavy atom. The number of hydrogen-bond acceptors (Lipinski definition) is 4. The molecule has 1 saturated heterocycles. The highest BCUT2D eigenvalue weighted by molar-refractivity contribution is 7.99. The largest absolute Gasteiger partial charge is 0.295 e. The highest BCUT2D eigenvalue weighted by Gasteiger charge is 2.25. The fourth-order valence-corrected chi connectivity index (χ4v) is 3.81. The molecule has 0 aromatic carbocycles. The number of halogens is 2. The monoisotopic (exact) mass is 305 g/mol. The van der Waals surface area contributed by atoms with Crippen LogP contribution in [0, 0.1) is 0 Å². The summed E-state index contributed by atoms with van der Waals surface area (Å²) in [5, 5.41) is 1.02. The molecule has 2 heterocycles. The van der Waals surface area contributed by atoms with Gasteiger partial charge in [-0.2, -0.15) is 11.8 Å². The SMILES string of the molecule is CCCc1c(Cl)nc(C2CSCCN2C)nc1Cl. The van der Waals surface area contributed by atoms with Gasteiger partial charge in [0.2, 0.25) is 0 Å². The third-order valence-corrected chi connectivity index (χ3v) is 4.77. The number of nitrogens with zero attached hydrogens (tertiary/aromatic N) is 3. The molecule has 1 unspecified atom stereocenters. The molecule has 0 N–H and O–H groups in total. The molecule has 3 nitrogen and oxygen atoms in total. The molecule has 0 amide bonds. The lowest BCUT2D eigenvalue weighted by Crippen LogP contribution is -2.34. The van der Waals surface area contributed by atoms with Gasteiger partial charge < -0.3 is 0 Å². The number of thioether (sulfide) groups is 1. The van der Waals surface area contributed by atoms with E-state index in [2.05, 4.69) is 28.8 Å². The lowest BCUT2D eigenvalue weighted by Gasteiger charge is -2.31. The maximum atomic E-state index is 6.22. The van der Waals surface area contributed by atoms with Crippen molar-refractivity contribution in [1.29, 1.82) is 0 Å². The molecule has 18 heavy (non-hydrogen) atoms. The van der Waals surface area contributed by atoms with E-state index < -0.39 is 0 Å². The van der Waals surface area contributed by atoms with E-state index in [1.54, 1.807) is 0 Å². The van der Waals surface area contributed by atoms with Crippen molar-refractivity contribution >= 4 is 35.0 Å². The average Bonchev–Trinajstić information content (AvgIpc) is 2.34. The number of rotatable bonds is 3. The van der Waals surface area contributed by atoms with Crippen molar-refractivity contribution in [3.8, 4) is 0 Å². The molecular weight excluding hydrogens is 289 g/mol. The van der Waals surface area contributed by atoms with Gasteiger partial charge in [-0.25, -0.2) is 9.97 Å². The van der Waals surface area contributed by atoms with Crippen molar-refractivity contribution in [2.24, 2.45) is 0 Å². The summed E-state index contributed by atoms with van der Waals surface area (Å²) in [6.07, 6.45) is 1.81. The van der Waals surface area contributed by atoms with Gasteiger partial charge in [0, 0.05) is 23.6 Å². The quantitative estimate of drug-likeness (QED) is 0.800. The van der Waals surface area contributed by atoms with Crippen LogP contribution in [0.5, 0.6) is 0 Å². The second-order valence-corrected chi connectivity index (χ2v) is 6.33. The predicted octanol–water partition coefficient (Wildman–Crippen LogP) is 3.46. The first-order chi connectivity index (χ1) is 8.63. The molecule has 1 atom stereocenters. The van der Waals surface area contributed by atoms with Crippen LogP contribution < -0.4 is 0 Å². The predicted molar refractivity (Wildman–Crippen MR) is 78.7 cm³/mol. The summed E-state index contributed by atoms with van der Waals surface area (Å²) in [5.41, 5.74) is 0.871. The molecule has 1 aromatic heterocycles. The lowest BCUT2D eigenvalue weighted by atomic mass is 10.2. The molecule has 1 fully saturated rings. The fraction of sp³-hybridized carbons (Fsp3) is 0.667. The Labute approximate surface area is 122 Å². The van der Waals surface area contributed by atoms with Gasteiger partial charge in [0.15, 0.2) is 0 Å². The minimum absolute atomic E-state index is 0.217. The van der Waals surface area contributed by atoms with Gasteiger partial charge >= 0.3 is 0 Å². The maximum absolute atomic E-state index is 6.22. The highest BCUT2D eigenvalue weighted by atomic mass is 35.5. The Bertz CT molecular complexity index is 405. The summed E-state index contributed by atoms with van der Waals surface area (Å²) in [6, 6.07) is 0.217. The molecule has 1 aromatic rings. The van der Waals surface area contributed by atoms with Gasteiger partial charge in [-0.05, 0) is 13.5 Å². The Balaban J connectivity index is 2.29. The topological polar surface area (TPSA) is 29.0 Å². The zero-order valence-electron chi connectivity index (χ0n) is 10.6. The molecule has 0 bridgehead atoms. The first-order valence-electron chi connectivity index (χ1n) is 6.13. The third-order valence-electron chi connectivity index (χ3n) is 3.12. The van der Waals surface area contributed by atoms with E-state index in [0.717, 1.165) is 42.3 Å². The summed E-state index contributed by atoms with van der Waals surface area (Å²) in [4.78, 5) is 11.1. The summed E-state index contributed by atoms with van der Waals surface area (Å²) in [6.45, 7) is 3.14. The Kier molecular flexibility index (Phi) is 5.13. The number of aromatic nitrogens is 2. The van der Waals surface area contributed by atoms with Crippen LogP contribution in [0.15, 0.2) is 0 Å². The summed E-state index contributed by atoms with van der Waals surface area (Å²) in [5.74, 6) is 2.90. The summed E-state index contributed by atoms with van der Waals surface area (Å²) in [7, 11) is 2.09. The minimum Gasteiger partial charge on any atom is -0.295 e. The van der Waals surface area contributed by atoms with Crippen molar-refractivity contribution in [2.45, 2.75) is 25.8 Å². The lowest BCUT2D eigenvalue weighted by molar-refractivity contribution is 0.264. The normalized spacial score (nSPS) is 21.2. The van der Waals surface area contributed by atoms with Crippen LogP contribution in [0.3, 0.4) is 0 Å². The Hall–Kier alpha value is -0.0300. The first-order valence-corrected chi connectivity index (χ1v) is 8.04. The van der Waals surface area contributed by atoms with Crippen molar-refractivity contribution < 1.29 is 0 Å². The Morgan fingerprint density at radius 3 is 2.56 bits per heavy atom. The molecule has 2 rings (SSSR count). The molecule has 0 spiro atoms. The molecule has 0 saturated carbocycles. The second-order valence-electron chi connectivity index (χ2n) is 4.46. The van der Waals surface area contributed by atoms with Crippen LogP contribution in [0.2, 0.25) is 10.3 Å². The van der Waals surface area contributed by atoms with Gasteiger partial charge in [0.05, 0.1) is 6.04 Å².